The minimum absolute atomic E-state index is 0.352. The molecule has 0 aromatic rings. The van der Waals surface area contributed by atoms with Gasteiger partial charge in [-0.2, -0.15) is 0 Å². The highest BCUT2D eigenvalue weighted by Crippen LogP contribution is 2.24. The summed E-state index contributed by atoms with van der Waals surface area (Å²) in [5.41, 5.74) is -1.69. The molecule has 1 rings (SSSR count). The Morgan fingerprint density at radius 1 is 0.900 bits per heavy atom. The normalized spacial score (nSPS) is 28.2. The van der Waals surface area contributed by atoms with E-state index in [2.05, 4.69) is 10.6 Å². The quantitative estimate of drug-likeness (QED) is 0.323. The maximum Gasteiger partial charge on any atom is 0.408 e. The van der Waals surface area contributed by atoms with Gasteiger partial charge in [-0.1, -0.05) is 0 Å². The number of carboxylic acids is 1. The summed E-state index contributed by atoms with van der Waals surface area (Å²) in [5, 5.41) is 44.4. The van der Waals surface area contributed by atoms with Crippen molar-refractivity contribution in [2.75, 3.05) is 6.54 Å². The third kappa shape index (κ3) is 7.94. The molecule has 0 aromatic heterocycles. The van der Waals surface area contributed by atoms with Gasteiger partial charge in [-0.25, -0.2) is 14.4 Å². The van der Waals surface area contributed by atoms with Crippen LogP contribution in [0.25, 0.3) is 0 Å². The average molecular weight is 436 g/mol. The van der Waals surface area contributed by atoms with Crippen LogP contribution in [0.4, 0.5) is 9.59 Å². The lowest BCUT2D eigenvalue weighted by Crippen LogP contribution is -2.66. The Morgan fingerprint density at radius 2 is 1.40 bits per heavy atom. The van der Waals surface area contributed by atoms with Crippen molar-refractivity contribution in [3.05, 3.63) is 0 Å². The van der Waals surface area contributed by atoms with Gasteiger partial charge in [-0.15, -0.1) is 0 Å². The molecule has 1 heterocycles. The molecular weight excluding hydrogens is 404 g/mol. The molecule has 6 N–H and O–H groups in total. The molecule has 6 atom stereocenters. The van der Waals surface area contributed by atoms with Crippen molar-refractivity contribution < 1.29 is 49.0 Å². The fraction of sp³-hybridized carbons (Fsp3) is 0.833. The summed E-state index contributed by atoms with van der Waals surface area (Å²) in [7, 11) is 0. The van der Waals surface area contributed by atoms with Crippen LogP contribution in [0.3, 0.4) is 0 Å². The molecule has 30 heavy (non-hydrogen) atoms. The molecule has 2 amide bonds. The van der Waals surface area contributed by atoms with Crippen LogP contribution in [0.5, 0.6) is 0 Å². The third-order valence-electron chi connectivity index (χ3n) is 3.86. The Labute approximate surface area is 174 Å². The van der Waals surface area contributed by atoms with Crippen molar-refractivity contribution in [1.82, 2.24) is 10.6 Å². The third-order valence-corrected chi connectivity index (χ3v) is 3.86. The van der Waals surface area contributed by atoms with Crippen molar-refractivity contribution in [1.29, 1.82) is 0 Å². The van der Waals surface area contributed by atoms with Gasteiger partial charge in [0.05, 0.1) is 0 Å². The van der Waals surface area contributed by atoms with Crippen molar-refractivity contribution in [3.8, 4) is 0 Å². The first kappa shape index (κ1) is 25.9. The Balaban J connectivity index is 2.91. The van der Waals surface area contributed by atoms with Crippen LogP contribution in [0.2, 0.25) is 0 Å². The number of hydrogen-bond acceptors (Lipinski definition) is 9. The van der Waals surface area contributed by atoms with Crippen LogP contribution in [0, 0.1) is 0 Å². The van der Waals surface area contributed by atoms with Gasteiger partial charge in [0.25, 0.3) is 0 Å². The van der Waals surface area contributed by atoms with E-state index in [-0.39, 0.29) is 6.54 Å². The minimum atomic E-state index is -1.84. The molecule has 0 aromatic carbocycles. The molecule has 1 saturated heterocycles. The van der Waals surface area contributed by atoms with E-state index < -0.39 is 65.9 Å². The number of amides is 2. The number of aliphatic carboxylic acids is 1. The molecular formula is C18H32N2O10. The molecule has 1 fully saturated rings. The molecule has 2 unspecified atom stereocenters. The standard InChI is InChI=1S/C18H32N2O10/c1-17(2,3)29-15(26)19-7-8-10(21)11(22)12(23)13(28-8)9(14(24)25)20-16(27)30-18(4,5)6/h8-13,21-23H,7H2,1-6H3,(H,19,26)(H,20,27)(H,24,25)/t8?,9-,10-,11+,12?,13+/m1/s1. The molecule has 0 saturated carbocycles. The first-order valence-corrected chi connectivity index (χ1v) is 9.40. The van der Waals surface area contributed by atoms with E-state index >= 15 is 0 Å². The number of alkyl carbamates (subject to hydrolysis) is 2. The summed E-state index contributed by atoms with van der Waals surface area (Å²) in [6, 6.07) is -1.80. The van der Waals surface area contributed by atoms with E-state index in [1.807, 2.05) is 0 Å². The van der Waals surface area contributed by atoms with Crippen molar-refractivity contribution in [3.63, 3.8) is 0 Å². The topological polar surface area (TPSA) is 184 Å². The van der Waals surface area contributed by atoms with Crippen LogP contribution in [-0.4, -0.2) is 92.9 Å². The van der Waals surface area contributed by atoms with E-state index in [9.17, 15) is 34.8 Å². The Bertz CT molecular complexity index is 627. The van der Waals surface area contributed by atoms with Crippen molar-refractivity contribution in [2.24, 2.45) is 0 Å². The van der Waals surface area contributed by atoms with Crippen LogP contribution in [-0.2, 0) is 19.0 Å². The van der Waals surface area contributed by atoms with Gasteiger partial charge in [-0.05, 0) is 41.5 Å². The molecule has 1 aliphatic heterocycles. The lowest BCUT2D eigenvalue weighted by Gasteiger charge is -2.42. The highest BCUT2D eigenvalue weighted by molar-refractivity contribution is 5.80. The van der Waals surface area contributed by atoms with Gasteiger partial charge in [0.2, 0.25) is 0 Å². The zero-order valence-corrected chi connectivity index (χ0v) is 17.9. The Hall–Kier alpha value is -2.15. The molecule has 12 heteroatoms. The van der Waals surface area contributed by atoms with Gasteiger partial charge in [0.1, 0.15) is 41.7 Å². The molecule has 1 aliphatic rings. The van der Waals surface area contributed by atoms with Gasteiger partial charge >= 0.3 is 18.2 Å². The number of rotatable bonds is 5. The second-order valence-corrected chi connectivity index (χ2v) is 8.96. The number of hydrogen-bond donors (Lipinski definition) is 6. The highest BCUT2D eigenvalue weighted by Gasteiger charge is 2.49. The summed E-state index contributed by atoms with van der Waals surface area (Å²) < 4.78 is 15.5. The fourth-order valence-electron chi connectivity index (χ4n) is 2.64. The number of nitrogens with one attached hydrogen (secondary N) is 2. The lowest BCUT2D eigenvalue weighted by atomic mass is 9.91. The monoisotopic (exact) mass is 436 g/mol. The molecule has 0 spiro atoms. The summed E-state index contributed by atoms with van der Waals surface area (Å²) in [6.07, 6.45) is -10.1. The largest absolute Gasteiger partial charge is 0.480 e. The molecule has 0 bridgehead atoms. The van der Waals surface area contributed by atoms with Gasteiger partial charge < -0.3 is 45.3 Å². The summed E-state index contributed by atoms with van der Waals surface area (Å²) in [4.78, 5) is 35.5. The number of carbonyl (C=O) groups is 3. The number of ether oxygens (including phenoxy) is 3. The maximum absolute atomic E-state index is 12.0. The van der Waals surface area contributed by atoms with E-state index in [1.165, 1.54) is 0 Å². The first-order chi connectivity index (χ1) is 13.5. The smallest absolute Gasteiger partial charge is 0.408 e. The van der Waals surface area contributed by atoms with Crippen molar-refractivity contribution >= 4 is 18.2 Å². The molecule has 0 radical (unpaired) electrons. The maximum atomic E-state index is 12.0. The van der Waals surface area contributed by atoms with Gasteiger partial charge in [0, 0.05) is 6.54 Å². The number of carbonyl (C=O) groups excluding carboxylic acids is 2. The summed E-state index contributed by atoms with van der Waals surface area (Å²) in [5.74, 6) is -1.56. The second-order valence-electron chi connectivity index (χ2n) is 8.96. The van der Waals surface area contributed by atoms with E-state index in [0.717, 1.165) is 0 Å². The Kier molecular flexibility index (Phi) is 8.43. The first-order valence-electron chi connectivity index (χ1n) is 9.40. The number of carboxylic acid groups (broad SMARTS) is 1. The Morgan fingerprint density at radius 3 is 1.87 bits per heavy atom. The predicted molar refractivity (Wildman–Crippen MR) is 102 cm³/mol. The second kappa shape index (κ2) is 9.77. The van der Waals surface area contributed by atoms with Crippen LogP contribution in [0.1, 0.15) is 41.5 Å². The minimum Gasteiger partial charge on any atom is -0.480 e. The average Bonchev–Trinajstić information content (AvgIpc) is 2.54. The zero-order chi connectivity index (χ0) is 23.4. The molecule has 12 nitrogen and oxygen atoms in total. The summed E-state index contributed by atoms with van der Waals surface area (Å²) >= 11 is 0. The summed E-state index contributed by atoms with van der Waals surface area (Å²) in [6.45, 7) is 9.32. The zero-order valence-electron chi connectivity index (χ0n) is 17.9. The van der Waals surface area contributed by atoms with E-state index in [0.29, 0.717) is 0 Å². The number of aliphatic hydroxyl groups is 3. The van der Waals surface area contributed by atoms with Gasteiger partial charge in [-0.3, -0.25) is 0 Å². The van der Waals surface area contributed by atoms with Crippen LogP contribution >= 0.6 is 0 Å². The van der Waals surface area contributed by atoms with E-state index in [1.54, 1.807) is 41.5 Å². The molecule has 174 valence electrons. The van der Waals surface area contributed by atoms with Crippen LogP contribution in [0.15, 0.2) is 0 Å². The fourth-order valence-corrected chi connectivity index (χ4v) is 2.64. The lowest BCUT2D eigenvalue weighted by molar-refractivity contribution is -0.228. The predicted octanol–water partition coefficient (Wildman–Crippen LogP) is -0.661. The number of aliphatic hydroxyl groups excluding tert-OH is 3. The van der Waals surface area contributed by atoms with Crippen molar-refractivity contribution in [2.45, 2.75) is 89.3 Å². The van der Waals surface area contributed by atoms with E-state index in [4.69, 9.17) is 14.2 Å². The SMILES string of the molecule is CC(C)(C)OC(=O)NCC1O[C@@H]([C@@H](NC(=O)OC(C)(C)C)C(=O)O)C(O)[C@@H](O)[C@@H]1O. The van der Waals surface area contributed by atoms with Gasteiger partial charge in [0.15, 0.2) is 6.04 Å². The molecule has 0 aliphatic carbocycles. The highest BCUT2D eigenvalue weighted by atomic mass is 16.6. The van der Waals surface area contributed by atoms with Crippen LogP contribution < -0.4 is 10.6 Å².